The molecule has 2 N–H and O–H groups in total. The van der Waals surface area contributed by atoms with Gasteiger partial charge >= 0.3 is 0 Å². The van der Waals surface area contributed by atoms with Gasteiger partial charge in [0.15, 0.2) is 11.5 Å². The number of pyridine rings is 2. The second-order valence-corrected chi connectivity index (χ2v) is 8.84. The van der Waals surface area contributed by atoms with Crippen LogP contribution in [0.15, 0.2) is 73.0 Å². The van der Waals surface area contributed by atoms with Crippen molar-refractivity contribution in [2.45, 2.75) is 47.1 Å². The van der Waals surface area contributed by atoms with Crippen molar-refractivity contribution in [3.63, 3.8) is 0 Å². The Hall–Kier alpha value is -3.77. The zero-order valence-electron chi connectivity index (χ0n) is 21.8. The number of allylic oxidation sites excluding steroid dienone is 4. The van der Waals surface area contributed by atoms with Crippen molar-refractivity contribution < 1.29 is 0 Å². The Labute approximate surface area is 214 Å². The molecule has 0 spiro atoms. The zero-order valence-corrected chi connectivity index (χ0v) is 21.8. The molecule has 1 aromatic carbocycles. The molecule has 6 heteroatoms. The summed E-state index contributed by atoms with van der Waals surface area (Å²) < 4.78 is 2.09. The van der Waals surface area contributed by atoms with E-state index in [0.29, 0.717) is 5.82 Å². The average Bonchev–Trinajstić information content (AvgIpc) is 3.28. The zero-order chi connectivity index (χ0) is 25.5. The molecule has 0 bridgehead atoms. The highest BCUT2D eigenvalue weighted by molar-refractivity contribution is 5.85. The maximum atomic E-state index is 6.29. The second kappa shape index (κ2) is 11.8. The molecule has 0 aliphatic heterocycles. The summed E-state index contributed by atoms with van der Waals surface area (Å²) in [7, 11) is 0. The lowest BCUT2D eigenvalue weighted by Gasteiger charge is -2.19. The summed E-state index contributed by atoms with van der Waals surface area (Å²) in [4.78, 5) is 16.8. The fourth-order valence-corrected chi connectivity index (χ4v) is 4.40. The first-order chi connectivity index (χ1) is 17.6. The monoisotopic (exact) mass is 480 g/mol. The van der Waals surface area contributed by atoms with Crippen molar-refractivity contribution in [3.05, 3.63) is 84.2 Å². The smallest absolute Gasteiger partial charge is 0.165 e. The molecular formula is C30H36N6. The van der Waals surface area contributed by atoms with E-state index in [9.17, 15) is 0 Å². The van der Waals surface area contributed by atoms with Gasteiger partial charge in [0.05, 0.1) is 11.3 Å². The summed E-state index contributed by atoms with van der Waals surface area (Å²) in [6.07, 6.45) is 10.2. The molecule has 6 nitrogen and oxygen atoms in total. The van der Waals surface area contributed by atoms with Crippen LogP contribution in [0, 0.1) is 0 Å². The predicted octanol–water partition coefficient (Wildman–Crippen LogP) is 6.67. The summed E-state index contributed by atoms with van der Waals surface area (Å²) in [5.41, 5.74) is 13.0. The van der Waals surface area contributed by atoms with Crippen LogP contribution in [0.25, 0.3) is 33.8 Å². The van der Waals surface area contributed by atoms with Crippen LogP contribution >= 0.6 is 0 Å². The molecular weight excluding hydrogens is 444 g/mol. The summed E-state index contributed by atoms with van der Waals surface area (Å²) >= 11 is 0. The van der Waals surface area contributed by atoms with Crippen molar-refractivity contribution in [1.82, 2.24) is 24.4 Å². The Balaban J connectivity index is 1.85. The molecule has 0 saturated carbocycles. The van der Waals surface area contributed by atoms with Crippen LogP contribution in [0.4, 0.5) is 5.82 Å². The van der Waals surface area contributed by atoms with Gasteiger partial charge in [-0.15, -0.1) is 0 Å². The van der Waals surface area contributed by atoms with Crippen molar-refractivity contribution >= 4 is 22.6 Å². The lowest BCUT2D eigenvalue weighted by atomic mass is 10.1. The van der Waals surface area contributed by atoms with Crippen LogP contribution in [0.2, 0.25) is 0 Å². The van der Waals surface area contributed by atoms with Crippen molar-refractivity contribution in [2.24, 2.45) is 0 Å². The minimum absolute atomic E-state index is 0.448. The van der Waals surface area contributed by atoms with Crippen LogP contribution < -0.4 is 5.73 Å². The number of rotatable bonds is 10. The van der Waals surface area contributed by atoms with Gasteiger partial charge in [0.25, 0.3) is 0 Å². The SMILES string of the molecule is C/C=C(\C=C/CC)c1ccc2nc(-c3cccnc3N)n(-c3ccc(CN(CC)CCC)cc3)c2n1. The van der Waals surface area contributed by atoms with E-state index in [0.717, 1.165) is 72.0 Å². The van der Waals surface area contributed by atoms with E-state index in [-0.39, 0.29) is 0 Å². The molecule has 0 amide bonds. The molecule has 36 heavy (non-hydrogen) atoms. The number of aromatic nitrogens is 4. The number of nitrogen functional groups attached to an aromatic ring is 1. The molecule has 4 rings (SSSR count). The predicted molar refractivity (Wildman–Crippen MR) is 151 cm³/mol. The van der Waals surface area contributed by atoms with E-state index in [1.807, 2.05) is 31.2 Å². The number of benzene rings is 1. The van der Waals surface area contributed by atoms with Gasteiger partial charge < -0.3 is 5.73 Å². The summed E-state index contributed by atoms with van der Waals surface area (Å²) in [5, 5.41) is 0. The van der Waals surface area contributed by atoms with E-state index in [2.05, 4.69) is 77.7 Å². The van der Waals surface area contributed by atoms with Gasteiger partial charge in [0.1, 0.15) is 11.3 Å². The quantitative estimate of drug-likeness (QED) is 0.257. The van der Waals surface area contributed by atoms with Crippen LogP contribution in [0.1, 0.15) is 51.8 Å². The van der Waals surface area contributed by atoms with Crippen LogP contribution in [0.5, 0.6) is 0 Å². The van der Waals surface area contributed by atoms with E-state index in [4.69, 9.17) is 15.7 Å². The molecule has 0 saturated heterocycles. The van der Waals surface area contributed by atoms with Gasteiger partial charge in [-0.1, -0.05) is 51.1 Å². The van der Waals surface area contributed by atoms with Gasteiger partial charge in [-0.05, 0) is 80.4 Å². The highest BCUT2D eigenvalue weighted by Crippen LogP contribution is 2.31. The highest BCUT2D eigenvalue weighted by Gasteiger charge is 2.19. The van der Waals surface area contributed by atoms with E-state index in [1.165, 1.54) is 5.56 Å². The van der Waals surface area contributed by atoms with Crippen molar-refractivity contribution in [3.8, 4) is 17.1 Å². The standard InChI is InChI=1S/C30H36N6/c1-5-9-11-23(7-3)26-17-18-27-30(33-26)36(29(34-27)25-12-10-19-32-28(25)31)24-15-13-22(14-16-24)21-35(8-4)20-6-2/h7,9-19H,5-6,8,20-21H2,1-4H3,(H2,31,32)/b11-9-,23-7+. The molecule has 3 heterocycles. The average molecular weight is 481 g/mol. The van der Waals surface area contributed by atoms with Crippen LogP contribution in [0.3, 0.4) is 0 Å². The molecule has 4 aromatic rings. The van der Waals surface area contributed by atoms with Crippen LogP contribution in [-0.2, 0) is 6.54 Å². The Morgan fingerprint density at radius 2 is 1.83 bits per heavy atom. The highest BCUT2D eigenvalue weighted by atomic mass is 15.1. The molecule has 0 aliphatic rings. The topological polar surface area (TPSA) is 72.9 Å². The Bertz CT molecular complexity index is 1360. The maximum absolute atomic E-state index is 6.29. The summed E-state index contributed by atoms with van der Waals surface area (Å²) in [6, 6.07) is 16.6. The van der Waals surface area contributed by atoms with Crippen molar-refractivity contribution in [1.29, 1.82) is 0 Å². The molecule has 0 aliphatic carbocycles. The van der Waals surface area contributed by atoms with Gasteiger partial charge in [-0.25, -0.2) is 15.0 Å². The first kappa shape index (κ1) is 25.3. The molecule has 0 atom stereocenters. The number of anilines is 1. The van der Waals surface area contributed by atoms with Crippen molar-refractivity contribution in [2.75, 3.05) is 18.8 Å². The first-order valence-corrected chi connectivity index (χ1v) is 12.8. The third-order valence-corrected chi connectivity index (χ3v) is 6.31. The van der Waals surface area contributed by atoms with Gasteiger partial charge in [0, 0.05) is 18.4 Å². The largest absolute Gasteiger partial charge is 0.383 e. The molecule has 0 unspecified atom stereocenters. The Morgan fingerprint density at radius 1 is 1.03 bits per heavy atom. The second-order valence-electron chi connectivity index (χ2n) is 8.84. The fourth-order valence-electron chi connectivity index (χ4n) is 4.40. The van der Waals surface area contributed by atoms with E-state index in [1.54, 1.807) is 6.20 Å². The minimum Gasteiger partial charge on any atom is -0.383 e. The maximum Gasteiger partial charge on any atom is 0.165 e. The van der Waals surface area contributed by atoms with Gasteiger partial charge in [-0.3, -0.25) is 9.47 Å². The Kier molecular flexibility index (Phi) is 8.28. The lowest BCUT2D eigenvalue weighted by Crippen LogP contribution is -2.23. The lowest BCUT2D eigenvalue weighted by molar-refractivity contribution is 0.280. The van der Waals surface area contributed by atoms with Crippen LogP contribution in [-0.4, -0.2) is 37.5 Å². The van der Waals surface area contributed by atoms with E-state index >= 15 is 0 Å². The Morgan fingerprint density at radius 3 is 2.50 bits per heavy atom. The first-order valence-electron chi connectivity index (χ1n) is 12.8. The number of fused-ring (bicyclic) bond motifs is 1. The van der Waals surface area contributed by atoms with E-state index < -0.39 is 0 Å². The third-order valence-electron chi connectivity index (χ3n) is 6.31. The summed E-state index contributed by atoms with van der Waals surface area (Å²) in [5.74, 6) is 1.18. The normalized spacial score (nSPS) is 12.3. The molecule has 186 valence electrons. The van der Waals surface area contributed by atoms with Gasteiger partial charge in [-0.2, -0.15) is 0 Å². The molecule has 3 aromatic heterocycles. The number of nitrogens with zero attached hydrogens (tertiary/aromatic N) is 5. The number of hydrogen-bond acceptors (Lipinski definition) is 5. The summed E-state index contributed by atoms with van der Waals surface area (Å²) in [6.45, 7) is 11.7. The third kappa shape index (κ3) is 5.39. The minimum atomic E-state index is 0.448. The number of imidazole rings is 1. The molecule has 0 radical (unpaired) electrons. The fraction of sp³-hybridized carbons (Fsp3) is 0.300. The number of nitrogens with two attached hydrogens (primary N) is 1. The van der Waals surface area contributed by atoms with Gasteiger partial charge in [0.2, 0.25) is 0 Å². The number of hydrogen-bond donors (Lipinski definition) is 1. The molecule has 0 fully saturated rings.